The first kappa shape index (κ1) is 21.9. The maximum Gasteiger partial charge on any atom is 0.269 e. The third-order valence-corrected chi connectivity index (χ3v) is 7.88. The Morgan fingerprint density at radius 1 is 1.06 bits per heavy atom. The van der Waals surface area contributed by atoms with Crippen LogP contribution < -0.4 is 10.1 Å². The zero-order chi connectivity index (χ0) is 23.9. The summed E-state index contributed by atoms with van der Waals surface area (Å²) >= 11 is 0. The number of rotatable bonds is 5. The Bertz CT molecular complexity index is 1290. The van der Waals surface area contributed by atoms with E-state index in [0.717, 1.165) is 84.3 Å². The average molecular weight is 471 g/mol. The van der Waals surface area contributed by atoms with Crippen LogP contribution in [0.3, 0.4) is 0 Å². The van der Waals surface area contributed by atoms with E-state index in [-0.39, 0.29) is 17.9 Å². The van der Waals surface area contributed by atoms with Gasteiger partial charge < -0.3 is 15.0 Å². The van der Waals surface area contributed by atoms with Gasteiger partial charge in [0.1, 0.15) is 11.4 Å². The first-order chi connectivity index (χ1) is 17.1. The zero-order valence-electron chi connectivity index (χ0n) is 20.0. The lowest BCUT2D eigenvalue weighted by molar-refractivity contribution is 0.0732. The second kappa shape index (κ2) is 8.87. The van der Waals surface area contributed by atoms with E-state index in [1.165, 1.54) is 0 Å². The molecule has 180 valence electrons. The van der Waals surface area contributed by atoms with Gasteiger partial charge in [-0.05, 0) is 62.1 Å². The van der Waals surface area contributed by atoms with Crippen LogP contribution in [0, 0.1) is 5.92 Å². The number of carbonyl (C=O) groups excluding carboxylic acids is 2. The number of H-pyrrole nitrogens is 1. The molecule has 0 unspecified atom stereocenters. The fourth-order valence-corrected chi connectivity index (χ4v) is 6.03. The highest BCUT2D eigenvalue weighted by molar-refractivity contribution is 5.98. The van der Waals surface area contributed by atoms with Crippen molar-refractivity contribution in [3.63, 3.8) is 0 Å². The Hall–Kier alpha value is -3.61. The quantitative estimate of drug-likeness (QED) is 0.587. The molecule has 3 aromatic rings. The topological polar surface area (TPSA) is 87.3 Å². The molecule has 0 spiro atoms. The summed E-state index contributed by atoms with van der Waals surface area (Å²) in [5.74, 6) is 1.43. The Labute approximate surface area is 204 Å². The van der Waals surface area contributed by atoms with Crippen LogP contribution in [0.25, 0.3) is 11.3 Å². The fourth-order valence-electron chi connectivity index (χ4n) is 6.03. The van der Waals surface area contributed by atoms with Crippen LogP contribution in [0.4, 0.5) is 0 Å². The molecule has 6 rings (SSSR count). The summed E-state index contributed by atoms with van der Waals surface area (Å²) in [6.45, 7) is 1.51. The van der Waals surface area contributed by atoms with E-state index in [4.69, 9.17) is 4.74 Å². The number of aromatic amines is 1. The van der Waals surface area contributed by atoms with Gasteiger partial charge >= 0.3 is 0 Å². The molecule has 2 N–H and O–H groups in total. The van der Waals surface area contributed by atoms with Crippen LogP contribution in [0.15, 0.2) is 42.5 Å². The van der Waals surface area contributed by atoms with Crippen molar-refractivity contribution in [2.24, 2.45) is 5.92 Å². The molecule has 3 aliphatic rings. The summed E-state index contributed by atoms with van der Waals surface area (Å²) < 4.78 is 5.52. The van der Waals surface area contributed by atoms with Crippen molar-refractivity contribution in [3.8, 4) is 17.0 Å². The average Bonchev–Trinajstić information content (AvgIpc) is 3.46. The monoisotopic (exact) mass is 470 g/mol. The van der Waals surface area contributed by atoms with Crippen LogP contribution in [0.5, 0.6) is 5.75 Å². The van der Waals surface area contributed by atoms with E-state index in [2.05, 4.69) is 15.5 Å². The number of nitrogens with one attached hydrogen (secondary N) is 2. The minimum atomic E-state index is -0.0706. The van der Waals surface area contributed by atoms with E-state index in [9.17, 15) is 9.59 Å². The molecule has 1 saturated carbocycles. The summed E-state index contributed by atoms with van der Waals surface area (Å²) in [5.41, 5.74) is 6.59. The number of benzene rings is 2. The Morgan fingerprint density at radius 3 is 2.63 bits per heavy atom. The van der Waals surface area contributed by atoms with Crippen molar-refractivity contribution in [1.29, 1.82) is 0 Å². The van der Waals surface area contributed by atoms with Gasteiger partial charge in [0.05, 0.1) is 12.8 Å². The largest absolute Gasteiger partial charge is 0.496 e. The fraction of sp³-hybridized carbons (Fsp3) is 0.393. The SMILES string of the molecule is COc1cccc2c1CCc1c-2n[nH]c1C(=O)NC1CCC(CN2Cc3ccccc3C2=O)CC1. The standard InChI is InChI=1S/C28H30N4O3/c1-35-24-8-4-7-22-21(24)13-14-23-25(22)30-31-26(23)27(33)29-19-11-9-17(10-12-19)15-32-16-18-5-2-3-6-20(18)28(32)34/h2-8,17,19H,9-16H2,1H3,(H,29,33)(H,30,31). The lowest BCUT2D eigenvalue weighted by Crippen LogP contribution is -2.40. The van der Waals surface area contributed by atoms with Gasteiger partial charge in [-0.15, -0.1) is 0 Å². The van der Waals surface area contributed by atoms with Gasteiger partial charge in [0, 0.05) is 41.4 Å². The summed E-state index contributed by atoms with van der Waals surface area (Å²) in [6.07, 6.45) is 5.49. The maximum atomic E-state index is 13.2. The highest BCUT2D eigenvalue weighted by atomic mass is 16.5. The molecule has 7 heteroatoms. The molecule has 2 aliphatic carbocycles. The zero-order valence-corrected chi connectivity index (χ0v) is 20.0. The highest BCUT2D eigenvalue weighted by Crippen LogP contribution is 2.38. The van der Waals surface area contributed by atoms with Gasteiger partial charge in [-0.2, -0.15) is 5.10 Å². The van der Waals surface area contributed by atoms with E-state index in [1.54, 1.807) is 7.11 Å². The van der Waals surface area contributed by atoms with E-state index < -0.39 is 0 Å². The van der Waals surface area contributed by atoms with Gasteiger partial charge in [-0.25, -0.2) is 0 Å². The number of amides is 2. The van der Waals surface area contributed by atoms with Gasteiger partial charge in [-0.1, -0.05) is 30.3 Å². The van der Waals surface area contributed by atoms with E-state index in [0.29, 0.717) is 18.2 Å². The molecule has 35 heavy (non-hydrogen) atoms. The molecule has 0 saturated heterocycles. The van der Waals surface area contributed by atoms with Crippen LogP contribution in [0.1, 0.15) is 63.2 Å². The molecule has 1 fully saturated rings. The minimum absolute atomic E-state index is 0.0706. The number of nitrogens with zero attached hydrogens (tertiary/aromatic N) is 2. The normalized spacial score (nSPS) is 20.7. The van der Waals surface area contributed by atoms with Crippen molar-refractivity contribution in [1.82, 2.24) is 20.4 Å². The Morgan fingerprint density at radius 2 is 1.83 bits per heavy atom. The second-order valence-electron chi connectivity index (χ2n) is 9.95. The Kier molecular flexibility index (Phi) is 5.55. The summed E-state index contributed by atoms with van der Waals surface area (Å²) in [5, 5.41) is 10.7. The number of aromatic nitrogens is 2. The molecule has 2 heterocycles. The van der Waals surface area contributed by atoms with Crippen LogP contribution in [-0.4, -0.2) is 46.6 Å². The van der Waals surface area contributed by atoms with Crippen molar-refractivity contribution >= 4 is 11.8 Å². The number of fused-ring (bicyclic) bond motifs is 4. The van der Waals surface area contributed by atoms with Crippen LogP contribution >= 0.6 is 0 Å². The van der Waals surface area contributed by atoms with Crippen LogP contribution in [-0.2, 0) is 19.4 Å². The third kappa shape index (κ3) is 3.89. The number of methoxy groups -OCH3 is 1. The van der Waals surface area contributed by atoms with Crippen molar-refractivity contribution in [2.75, 3.05) is 13.7 Å². The molecule has 0 bridgehead atoms. The summed E-state index contributed by atoms with van der Waals surface area (Å²) in [7, 11) is 1.69. The number of hydrogen-bond acceptors (Lipinski definition) is 4. The lowest BCUT2D eigenvalue weighted by atomic mass is 9.85. The lowest BCUT2D eigenvalue weighted by Gasteiger charge is -2.31. The molecular weight excluding hydrogens is 440 g/mol. The Balaban J connectivity index is 1.06. The summed E-state index contributed by atoms with van der Waals surface area (Å²) in [6, 6.07) is 14.0. The predicted octanol–water partition coefficient (Wildman–Crippen LogP) is 4.13. The smallest absolute Gasteiger partial charge is 0.269 e. The maximum absolute atomic E-state index is 13.2. The molecule has 7 nitrogen and oxygen atoms in total. The first-order valence-electron chi connectivity index (χ1n) is 12.5. The number of carbonyl (C=O) groups is 2. The third-order valence-electron chi connectivity index (χ3n) is 7.88. The van der Waals surface area contributed by atoms with Gasteiger partial charge in [0.15, 0.2) is 0 Å². The molecular formula is C28H30N4O3. The van der Waals surface area contributed by atoms with Crippen molar-refractivity contribution < 1.29 is 14.3 Å². The first-order valence-corrected chi connectivity index (χ1v) is 12.5. The molecule has 2 aromatic carbocycles. The molecule has 1 aromatic heterocycles. The van der Waals surface area contributed by atoms with Crippen molar-refractivity contribution in [3.05, 3.63) is 70.4 Å². The van der Waals surface area contributed by atoms with Crippen molar-refractivity contribution in [2.45, 2.75) is 51.1 Å². The van der Waals surface area contributed by atoms with Gasteiger partial charge in [0.2, 0.25) is 0 Å². The highest BCUT2D eigenvalue weighted by Gasteiger charge is 2.32. The second-order valence-corrected chi connectivity index (χ2v) is 9.95. The van der Waals surface area contributed by atoms with E-state index in [1.807, 2.05) is 47.4 Å². The van der Waals surface area contributed by atoms with E-state index >= 15 is 0 Å². The number of ether oxygens (including phenoxy) is 1. The summed E-state index contributed by atoms with van der Waals surface area (Å²) in [4.78, 5) is 27.8. The predicted molar refractivity (Wildman–Crippen MR) is 132 cm³/mol. The number of hydrogen-bond donors (Lipinski definition) is 2. The molecule has 0 atom stereocenters. The minimum Gasteiger partial charge on any atom is -0.496 e. The van der Waals surface area contributed by atoms with Crippen LogP contribution in [0.2, 0.25) is 0 Å². The van der Waals surface area contributed by atoms with Gasteiger partial charge in [0.25, 0.3) is 11.8 Å². The molecule has 2 amide bonds. The van der Waals surface area contributed by atoms with Gasteiger partial charge in [-0.3, -0.25) is 14.7 Å². The molecule has 1 aliphatic heterocycles. The molecule has 0 radical (unpaired) electrons.